The van der Waals surface area contributed by atoms with E-state index >= 15 is 0 Å². The summed E-state index contributed by atoms with van der Waals surface area (Å²) < 4.78 is 30.2. The molecule has 2 N–H and O–H groups in total. The van der Waals surface area contributed by atoms with E-state index in [2.05, 4.69) is 15.5 Å². The Kier molecular flexibility index (Phi) is 5.74. The zero-order valence-electron chi connectivity index (χ0n) is 12.3. The molecule has 0 saturated carbocycles. The summed E-state index contributed by atoms with van der Waals surface area (Å²) in [6.45, 7) is 0.191. The van der Waals surface area contributed by atoms with Crippen LogP contribution in [0.15, 0.2) is 34.5 Å². The van der Waals surface area contributed by atoms with Crippen molar-refractivity contribution in [1.29, 1.82) is 0 Å². The highest BCUT2D eigenvalue weighted by atomic mass is 32.2. The predicted molar refractivity (Wildman–Crippen MR) is 91.8 cm³/mol. The third-order valence-corrected chi connectivity index (χ3v) is 4.52. The summed E-state index contributed by atoms with van der Waals surface area (Å²) in [7, 11) is -2.23. The normalized spacial score (nSPS) is 17.0. The van der Waals surface area contributed by atoms with Gasteiger partial charge in [0.05, 0.1) is 17.7 Å². The van der Waals surface area contributed by atoms with Crippen LogP contribution >= 0.6 is 11.8 Å². The van der Waals surface area contributed by atoms with E-state index < -0.39 is 10.1 Å². The van der Waals surface area contributed by atoms with Crippen molar-refractivity contribution < 1.29 is 17.8 Å². The van der Waals surface area contributed by atoms with E-state index in [0.29, 0.717) is 10.9 Å². The maximum Gasteiger partial charge on any atom is 0.266 e. The lowest BCUT2D eigenvalue weighted by Crippen LogP contribution is -2.24. The minimum atomic E-state index is -3.97. The first-order chi connectivity index (χ1) is 10.8. The van der Waals surface area contributed by atoms with Crippen LogP contribution in [0.2, 0.25) is 0 Å². The lowest BCUT2D eigenvalue weighted by atomic mass is 10.2. The van der Waals surface area contributed by atoms with Crippen LogP contribution in [0.1, 0.15) is 5.56 Å². The lowest BCUT2D eigenvalue weighted by molar-refractivity contribution is -0.116. The largest absolute Gasteiger partial charge is 0.373 e. The van der Waals surface area contributed by atoms with Crippen LogP contribution in [0.4, 0.5) is 5.69 Å². The fraction of sp³-hybridized carbons (Fsp3) is 0.308. The molecule has 1 heterocycles. The number of amides is 1. The molecule has 0 aromatic heterocycles. The Balaban J connectivity index is 1.92. The Hall–Kier alpha value is -1.91. The minimum absolute atomic E-state index is 0.0822. The summed E-state index contributed by atoms with van der Waals surface area (Å²) in [6.07, 6.45) is 1.56. The van der Waals surface area contributed by atoms with E-state index in [4.69, 9.17) is 4.55 Å². The van der Waals surface area contributed by atoms with Crippen molar-refractivity contribution in [2.24, 2.45) is 10.2 Å². The number of carbonyl (C=O) groups is 1. The summed E-state index contributed by atoms with van der Waals surface area (Å²) in [5.74, 6) is -0.0479. The van der Waals surface area contributed by atoms with Crippen molar-refractivity contribution in [1.82, 2.24) is 5.32 Å². The van der Waals surface area contributed by atoms with Gasteiger partial charge in [-0.3, -0.25) is 9.35 Å². The number of rotatable bonds is 6. The molecule has 1 aliphatic heterocycles. The number of carbonyl (C=O) groups excluding carboxylic acids is 1. The van der Waals surface area contributed by atoms with E-state index in [1.54, 1.807) is 18.2 Å². The highest BCUT2D eigenvalue weighted by Gasteiger charge is 2.15. The third-order valence-electron chi connectivity index (χ3n) is 2.96. The van der Waals surface area contributed by atoms with E-state index in [1.807, 2.05) is 24.3 Å². The first kappa shape index (κ1) is 17.4. The molecule has 0 unspecified atom stereocenters. The fourth-order valence-electron chi connectivity index (χ4n) is 1.72. The molecule has 124 valence electrons. The molecule has 10 heteroatoms. The number of nitrogens with one attached hydrogen (secondary N) is 1. The maximum atomic E-state index is 11.0. The zero-order chi connectivity index (χ0) is 16.9. The summed E-state index contributed by atoms with van der Waals surface area (Å²) >= 11 is 1.30. The van der Waals surface area contributed by atoms with Gasteiger partial charge < -0.3 is 10.2 Å². The number of nitrogens with zero attached hydrogens (tertiary/aromatic N) is 3. The van der Waals surface area contributed by atoms with Crippen LogP contribution in [0, 0.1) is 0 Å². The first-order valence-corrected chi connectivity index (χ1v) is 9.23. The number of anilines is 1. The molecule has 0 spiro atoms. The summed E-state index contributed by atoms with van der Waals surface area (Å²) in [6, 6.07) is 7.24. The lowest BCUT2D eigenvalue weighted by Gasteiger charge is -2.18. The van der Waals surface area contributed by atoms with E-state index in [9.17, 15) is 13.2 Å². The number of benzene rings is 1. The molecule has 23 heavy (non-hydrogen) atoms. The average Bonchev–Trinajstić information content (AvgIpc) is 2.90. The van der Waals surface area contributed by atoms with Gasteiger partial charge in [0.15, 0.2) is 5.17 Å². The van der Waals surface area contributed by atoms with Gasteiger partial charge in [0.2, 0.25) is 5.91 Å². The number of thioether (sulfide) groups is 1. The van der Waals surface area contributed by atoms with Gasteiger partial charge in [0.25, 0.3) is 10.1 Å². The molecule has 0 radical (unpaired) electrons. The molecule has 1 saturated heterocycles. The summed E-state index contributed by atoms with van der Waals surface area (Å²) in [4.78, 5) is 12.7. The van der Waals surface area contributed by atoms with Gasteiger partial charge in [-0.05, 0) is 17.7 Å². The molecule has 1 aromatic carbocycles. The van der Waals surface area contributed by atoms with Gasteiger partial charge >= 0.3 is 0 Å². The molecule has 1 aliphatic rings. The standard InChI is InChI=1S/C13H16N4O4S2/c1-17(6-7-23(19,20)21)11-4-2-10(3-5-11)8-14-16-13-15-12(18)9-22-13/h2-5,8H,6-7,9H2,1H3,(H,15,16,18)(H,19,20,21). The second-order valence-electron chi connectivity index (χ2n) is 4.79. The Morgan fingerprint density at radius 2 is 2.09 bits per heavy atom. The fourth-order valence-corrected chi connectivity index (χ4v) is 2.86. The van der Waals surface area contributed by atoms with Gasteiger partial charge in [-0.25, -0.2) is 0 Å². The predicted octanol–water partition coefficient (Wildman–Crippen LogP) is 0.563. The van der Waals surface area contributed by atoms with Gasteiger partial charge in [0.1, 0.15) is 0 Å². The van der Waals surface area contributed by atoms with Crippen molar-refractivity contribution in [3.8, 4) is 0 Å². The molecular weight excluding hydrogens is 340 g/mol. The molecule has 8 nitrogen and oxygen atoms in total. The molecule has 2 rings (SSSR count). The minimum Gasteiger partial charge on any atom is -0.373 e. The van der Waals surface area contributed by atoms with Crippen LogP contribution < -0.4 is 10.2 Å². The van der Waals surface area contributed by atoms with Crippen LogP contribution in [0.5, 0.6) is 0 Å². The highest BCUT2D eigenvalue weighted by molar-refractivity contribution is 8.15. The average molecular weight is 356 g/mol. The van der Waals surface area contributed by atoms with Crippen molar-refractivity contribution in [3.05, 3.63) is 29.8 Å². The summed E-state index contributed by atoms with van der Waals surface area (Å²) in [5, 5.41) is 10.9. The second kappa shape index (κ2) is 7.57. The molecule has 1 aromatic rings. The van der Waals surface area contributed by atoms with Crippen LogP contribution in [0.3, 0.4) is 0 Å². The number of amidine groups is 1. The molecular formula is C13H16N4O4S2. The molecule has 1 fully saturated rings. The smallest absolute Gasteiger partial charge is 0.266 e. The van der Waals surface area contributed by atoms with Gasteiger partial charge in [-0.2, -0.15) is 13.5 Å². The van der Waals surface area contributed by atoms with Crippen molar-refractivity contribution >= 4 is 44.9 Å². The Morgan fingerprint density at radius 1 is 1.39 bits per heavy atom. The van der Waals surface area contributed by atoms with E-state index in [0.717, 1.165) is 11.3 Å². The van der Waals surface area contributed by atoms with Crippen molar-refractivity contribution in [2.75, 3.05) is 30.0 Å². The van der Waals surface area contributed by atoms with Crippen molar-refractivity contribution in [3.63, 3.8) is 0 Å². The number of hydrogen-bond donors (Lipinski definition) is 2. The molecule has 1 amide bonds. The van der Waals surface area contributed by atoms with Gasteiger partial charge in [0, 0.05) is 19.3 Å². The summed E-state index contributed by atoms with van der Waals surface area (Å²) in [5.41, 5.74) is 1.63. The van der Waals surface area contributed by atoms with Crippen molar-refractivity contribution in [2.45, 2.75) is 0 Å². The Bertz CT molecular complexity index is 729. The highest BCUT2D eigenvalue weighted by Crippen LogP contribution is 2.13. The van der Waals surface area contributed by atoms with E-state index in [-0.39, 0.29) is 18.2 Å². The van der Waals surface area contributed by atoms with Crippen LogP contribution in [0.25, 0.3) is 0 Å². The monoisotopic (exact) mass is 356 g/mol. The Labute approximate surface area is 138 Å². The maximum absolute atomic E-state index is 11.0. The quantitative estimate of drug-likeness (QED) is 0.438. The van der Waals surface area contributed by atoms with Gasteiger partial charge in [-0.1, -0.05) is 23.9 Å². The van der Waals surface area contributed by atoms with Crippen LogP contribution in [-0.2, 0) is 14.9 Å². The zero-order valence-corrected chi connectivity index (χ0v) is 14.0. The molecule has 0 aliphatic carbocycles. The SMILES string of the molecule is CN(CCS(=O)(=O)O)c1ccc(C=NN=C2NC(=O)CS2)cc1. The number of hydrogen-bond acceptors (Lipinski definition) is 7. The first-order valence-electron chi connectivity index (χ1n) is 6.63. The molecule has 0 bridgehead atoms. The van der Waals surface area contributed by atoms with E-state index in [1.165, 1.54) is 11.8 Å². The molecule has 0 atom stereocenters. The third kappa shape index (κ3) is 6.00. The van der Waals surface area contributed by atoms with Crippen LogP contribution in [-0.4, -0.2) is 55.4 Å². The Morgan fingerprint density at radius 3 is 2.65 bits per heavy atom. The van der Waals surface area contributed by atoms with Gasteiger partial charge in [-0.15, -0.1) is 5.10 Å². The second-order valence-corrected chi connectivity index (χ2v) is 7.32. The topological polar surface area (TPSA) is 111 Å².